The van der Waals surface area contributed by atoms with Gasteiger partial charge in [0.1, 0.15) is 17.7 Å². The molecule has 0 aromatic heterocycles. The number of nitrogens with one attached hydrogen (secondary N) is 2. The number of aliphatic hydroxyl groups is 1. The standard InChI is InChI=1S/C24H27ClFN5O.ClH/c1-3-10-28-15-24(14-27-2)21(13-32)30-22-12-29-23(17-6-4-5-7-19(17)26)18-11-16(25)8-9-20(18)31(22)24;/h3-9,11,21,27-28,32H,1,10,12-15H2,2H3;1H. The highest BCUT2D eigenvalue weighted by Gasteiger charge is 2.51. The summed E-state index contributed by atoms with van der Waals surface area (Å²) in [6.45, 7) is 5.68. The Kier molecular flexibility index (Phi) is 8.26. The number of amidine groups is 1. The Morgan fingerprint density at radius 3 is 2.76 bits per heavy atom. The highest BCUT2D eigenvalue weighted by atomic mass is 35.5. The lowest BCUT2D eigenvalue weighted by Gasteiger charge is -2.43. The first-order valence-corrected chi connectivity index (χ1v) is 11.0. The second-order valence-electron chi connectivity index (χ2n) is 7.94. The number of benzene rings is 2. The van der Waals surface area contributed by atoms with Crippen molar-refractivity contribution in [2.75, 3.05) is 44.7 Å². The Morgan fingerprint density at radius 1 is 1.27 bits per heavy atom. The van der Waals surface area contributed by atoms with Gasteiger partial charge in [-0.15, -0.1) is 19.0 Å². The zero-order valence-corrected chi connectivity index (χ0v) is 20.0. The summed E-state index contributed by atoms with van der Waals surface area (Å²) in [5, 5.41) is 17.5. The van der Waals surface area contributed by atoms with Gasteiger partial charge in [-0.05, 0) is 37.4 Å². The number of likely N-dealkylation sites (N-methyl/N-ethyl adjacent to an activating group) is 1. The quantitative estimate of drug-likeness (QED) is 0.392. The van der Waals surface area contributed by atoms with Gasteiger partial charge in [0.15, 0.2) is 0 Å². The molecule has 6 nitrogen and oxygen atoms in total. The summed E-state index contributed by atoms with van der Waals surface area (Å²) in [6, 6.07) is 11.8. The lowest BCUT2D eigenvalue weighted by atomic mass is 9.87. The van der Waals surface area contributed by atoms with Gasteiger partial charge in [0.2, 0.25) is 0 Å². The molecule has 176 valence electrons. The van der Waals surface area contributed by atoms with Gasteiger partial charge in [0.05, 0.1) is 30.1 Å². The highest BCUT2D eigenvalue weighted by Crippen LogP contribution is 2.39. The van der Waals surface area contributed by atoms with Crippen LogP contribution in [0.5, 0.6) is 0 Å². The summed E-state index contributed by atoms with van der Waals surface area (Å²) in [4.78, 5) is 11.8. The van der Waals surface area contributed by atoms with Gasteiger partial charge < -0.3 is 20.6 Å². The molecular formula is C24H28Cl2FN5O. The Bertz CT molecular complexity index is 1080. The van der Waals surface area contributed by atoms with Gasteiger partial charge in [0, 0.05) is 35.8 Å². The maximum atomic E-state index is 14.8. The maximum absolute atomic E-state index is 14.8. The average Bonchev–Trinajstić information content (AvgIpc) is 2.99. The number of nitrogens with zero attached hydrogens (tertiary/aromatic N) is 3. The molecule has 33 heavy (non-hydrogen) atoms. The van der Waals surface area contributed by atoms with Crippen LogP contribution in [-0.2, 0) is 0 Å². The third-order valence-electron chi connectivity index (χ3n) is 5.97. The van der Waals surface area contributed by atoms with Gasteiger partial charge in [-0.3, -0.25) is 9.98 Å². The van der Waals surface area contributed by atoms with E-state index in [1.807, 2.05) is 25.2 Å². The molecule has 2 aromatic carbocycles. The molecule has 0 aliphatic carbocycles. The van der Waals surface area contributed by atoms with Crippen LogP contribution in [0, 0.1) is 5.82 Å². The smallest absolute Gasteiger partial charge is 0.132 e. The van der Waals surface area contributed by atoms with Crippen LogP contribution in [-0.4, -0.2) is 68.1 Å². The van der Waals surface area contributed by atoms with Crippen LogP contribution in [0.15, 0.2) is 65.1 Å². The highest BCUT2D eigenvalue weighted by molar-refractivity contribution is 6.32. The van der Waals surface area contributed by atoms with Gasteiger partial charge in [-0.1, -0.05) is 29.8 Å². The SMILES string of the molecule is C=CCNCC1(CNC)C(CO)N=C2CN=C(c3ccccc3F)c3cc(Cl)ccc3N21.Cl. The van der Waals surface area contributed by atoms with E-state index in [9.17, 15) is 9.50 Å². The number of hydrogen-bond donors (Lipinski definition) is 3. The summed E-state index contributed by atoms with van der Waals surface area (Å²) in [6.07, 6.45) is 1.80. The molecule has 0 bridgehead atoms. The number of aliphatic hydroxyl groups excluding tert-OH is 1. The molecular weight excluding hydrogens is 464 g/mol. The van der Waals surface area contributed by atoms with Crippen molar-refractivity contribution >= 4 is 41.2 Å². The van der Waals surface area contributed by atoms with Crippen LogP contribution in [0.2, 0.25) is 5.02 Å². The zero-order chi connectivity index (χ0) is 22.7. The first kappa shape index (κ1) is 25.3. The van der Waals surface area contributed by atoms with E-state index in [2.05, 4.69) is 22.1 Å². The first-order chi connectivity index (χ1) is 15.6. The summed E-state index contributed by atoms with van der Waals surface area (Å²) >= 11 is 6.38. The Morgan fingerprint density at radius 2 is 2.06 bits per heavy atom. The monoisotopic (exact) mass is 491 g/mol. The fourth-order valence-corrected chi connectivity index (χ4v) is 4.80. The molecule has 4 rings (SSSR count). The fourth-order valence-electron chi connectivity index (χ4n) is 4.63. The topological polar surface area (TPSA) is 72.2 Å². The minimum atomic E-state index is -0.593. The molecule has 2 heterocycles. The van der Waals surface area contributed by atoms with Crippen molar-refractivity contribution in [3.05, 3.63) is 77.1 Å². The van der Waals surface area contributed by atoms with Crippen molar-refractivity contribution in [3.63, 3.8) is 0 Å². The van der Waals surface area contributed by atoms with Gasteiger partial charge >= 0.3 is 0 Å². The molecule has 0 amide bonds. The maximum Gasteiger partial charge on any atom is 0.132 e. The second kappa shape index (κ2) is 10.8. The van der Waals surface area contributed by atoms with Crippen molar-refractivity contribution < 1.29 is 9.50 Å². The number of anilines is 1. The van der Waals surface area contributed by atoms with Crippen LogP contribution in [0.1, 0.15) is 11.1 Å². The average molecular weight is 492 g/mol. The summed E-state index contributed by atoms with van der Waals surface area (Å²) in [7, 11) is 1.88. The Labute approximate surface area is 204 Å². The molecule has 0 fully saturated rings. The van der Waals surface area contributed by atoms with Crippen LogP contribution >= 0.6 is 24.0 Å². The van der Waals surface area contributed by atoms with E-state index in [1.54, 1.807) is 24.3 Å². The van der Waals surface area contributed by atoms with E-state index in [1.165, 1.54) is 6.07 Å². The van der Waals surface area contributed by atoms with Crippen molar-refractivity contribution in [2.45, 2.75) is 11.6 Å². The Hall–Kier alpha value is -2.29. The molecule has 2 aliphatic rings. The molecule has 9 heteroatoms. The van der Waals surface area contributed by atoms with Crippen molar-refractivity contribution in [3.8, 4) is 0 Å². The van der Waals surface area contributed by atoms with Crippen LogP contribution in [0.4, 0.5) is 10.1 Å². The Balaban J connectivity index is 0.00000306. The molecule has 2 aromatic rings. The summed E-state index contributed by atoms with van der Waals surface area (Å²) in [5.41, 5.74) is 1.93. The molecule has 0 saturated heterocycles. The van der Waals surface area contributed by atoms with E-state index < -0.39 is 5.54 Å². The van der Waals surface area contributed by atoms with Crippen LogP contribution in [0.25, 0.3) is 0 Å². The van der Waals surface area contributed by atoms with E-state index in [4.69, 9.17) is 21.6 Å². The minimum Gasteiger partial charge on any atom is -0.394 e. The van der Waals surface area contributed by atoms with Gasteiger partial charge in [0.25, 0.3) is 0 Å². The second-order valence-corrected chi connectivity index (χ2v) is 8.38. The molecule has 2 unspecified atom stereocenters. The number of rotatable bonds is 8. The normalized spacial score (nSPS) is 21.3. The number of hydrogen-bond acceptors (Lipinski definition) is 6. The number of fused-ring (bicyclic) bond motifs is 3. The van der Waals surface area contributed by atoms with E-state index in [0.29, 0.717) is 35.9 Å². The van der Waals surface area contributed by atoms with E-state index in [0.717, 1.165) is 17.1 Å². The first-order valence-electron chi connectivity index (χ1n) is 10.6. The largest absolute Gasteiger partial charge is 0.394 e. The number of halogens is 3. The fraction of sp³-hybridized carbons (Fsp3) is 0.333. The molecule has 2 aliphatic heterocycles. The van der Waals surface area contributed by atoms with Crippen molar-refractivity contribution in [1.29, 1.82) is 0 Å². The van der Waals surface area contributed by atoms with E-state index >= 15 is 0 Å². The van der Waals surface area contributed by atoms with Crippen molar-refractivity contribution in [2.24, 2.45) is 9.98 Å². The van der Waals surface area contributed by atoms with E-state index in [-0.39, 0.29) is 37.4 Å². The molecule has 3 N–H and O–H groups in total. The number of aliphatic imine (C=N–C) groups is 2. The molecule has 0 saturated carbocycles. The minimum absolute atomic E-state index is 0. The lowest BCUT2D eigenvalue weighted by Crippen LogP contribution is -2.65. The van der Waals surface area contributed by atoms with Gasteiger partial charge in [-0.2, -0.15) is 0 Å². The molecule has 2 atom stereocenters. The predicted octanol–water partition coefficient (Wildman–Crippen LogP) is 3.07. The van der Waals surface area contributed by atoms with Gasteiger partial charge in [-0.25, -0.2) is 4.39 Å². The lowest BCUT2D eigenvalue weighted by molar-refractivity contribution is 0.212. The summed E-state index contributed by atoms with van der Waals surface area (Å²) in [5.74, 6) is 0.387. The molecule has 0 spiro atoms. The van der Waals surface area contributed by atoms with Crippen LogP contribution < -0.4 is 15.5 Å². The van der Waals surface area contributed by atoms with Crippen LogP contribution in [0.3, 0.4) is 0 Å². The predicted molar refractivity (Wildman–Crippen MR) is 136 cm³/mol. The molecule has 0 radical (unpaired) electrons. The third-order valence-corrected chi connectivity index (χ3v) is 6.20. The zero-order valence-electron chi connectivity index (χ0n) is 18.4. The summed E-state index contributed by atoms with van der Waals surface area (Å²) < 4.78 is 14.8. The third kappa shape index (κ3) is 4.56. The van der Waals surface area contributed by atoms with Crippen molar-refractivity contribution in [1.82, 2.24) is 10.6 Å².